The first-order valence-corrected chi connectivity index (χ1v) is 13.5. The highest BCUT2D eigenvalue weighted by molar-refractivity contribution is 5.96. The van der Waals surface area contributed by atoms with Crippen LogP contribution < -0.4 is 37.6 Å². The summed E-state index contributed by atoms with van der Waals surface area (Å²) in [6, 6.07) is 2.66. The van der Waals surface area contributed by atoms with Crippen molar-refractivity contribution in [1.29, 1.82) is 0 Å². The van der Waals surface area contributed by atoms with E-state index >= 15 is 0 Å². The molecule has 17 nitrogen and oxygen atoms in total. The largest absolute Gasteiger partial charge is 0.481 e. The van der Waals surface area contributed by atoms with Crippen LogP contribution in [0.3, 0.4) is 0 Å². The molecule has 2 aromatic rings. The molecule has 7 amide bonds. The molecule has 238 valence electrons. The number of aliphatic carboxylic acids is 1. The first kappa shape index (κ1) is 34.7. The Balaban J connectivity index is 1.85. The summed E-state index contributed by atoms with van der Waals surface area (Å²) in [5.41, 5.74) is 6.70. The van der Waals surface area contributed by atoms with Gasteiger partial charge in [-0.25, -0.2) is 0 Å². The number of amides is 7. The van der Waals surface area contributed by atoms with Gasteiger partial charge in [0.25, 0.3) is 0 Å². The van der Waals surface area contributed by atoms with Gasteiger partial charge in [-0.2, -0.15) is 0 Å². The minimum absolute atomic E-state index is 0.146. The number of primary amides is 1. The van der Waals surface area contributed by atoms with Crippen molar-refractivity contribution in [1.82, 2.24) is 36.9 Å². The summed E-state index contributed by atoms with van der Waals surface area (Å²) in [5, 5.41) is 23.8. The molecule has 0 fully saturated rings. The number of para-hydroxylation sites is 1. The zero-order chi connectivity index (χ0) is 33.0. The quantitative estimate of drug-likeness (QED) is 0.0923. The number of aromatic amines is 1. The third-order valence-corrected chi connectivity index (χ3v) is 6.23. The van der Waals surface area contributed by atoms with Crippen LogP contribution in [0.2, 0.25) is 0 Å². The van der Waals surface area contributed by atoms with Gasteiger partial charge in [0, 0.05) is 30.4 Å². The molecule has 0 aliphatic heterocycles. The smallest absolute Gasteiger partial charge is 0.305 e. The van der Waals surface area contributed by atoms with Crippen molar-refractivity contribution < 1.29 is 43.5 Å². The van der Waals surface area contributed by atoms with E-state index in [-0.39, 0.29) is 6.42 Å². The molecule has 0 bridgehead atoms. The Morgan fingerprint density at radius 1 is 0.795 bits per heavy atom. The molecule has 0 aliphatic rings. The highest BCUT2D eigenvalue weighted by Crippen LogP contribution is 2.19. The van der Waals surface area contributed by atoms with Crippen LogP contribution in [0.5, 0.6) is 0 Å². The van der Waals surface area contributed by atoms with Gasteiger partial charge in [0.05, 0.1) is 19.5 Å². The number of nitrogens with two attached hydrogens (primary N) is 1. The van der Waals surface area contributed by atoms with Crippen LogP contribution in [0, 0.1) is 0 Å². The zero-order valence-corrected chi connectivity index (χ0v) is 24.3. The number of hydrogen-bond donors (Lipinski definition) is 9. The first-order valence-electron chi connectivity index (χ1n) is 13.5. The predicted octanol–water partition coefficient (Wildman–Crippen LogP) is -3.10. The lowest BCUT2D eigenvalue weighted by Gasteiger charge is -2.20. The molecule has 1 heterocycles. The molecule has 17 heteroatoms. The fraction of sp³-hybridized carbons (Fsp3) is 0.407. The lowest BCUT2D eigenvalue weighted by molar-refractivity contribution is -0.141. The lowest BCUT2D eigenvalue weighted by atomic mass is 10.0. The van der Waals surface area contributed by atoms with E-state index < -0.39 is 91.0 Å². The fourth-order valence-electron chi connectivity index (χ4n) is 3.93. The summed E-state index contributed by atoms with van der Waals surface area (Å²) >= 11 is 0. The molecular formula is C27H36N8O9. The van der Waals surface area contributed by atoms with Gasteiger partial charge in [-0.15, -0.1) is 0 Å². The molecule has 0 saturated heterocycles. The Morgan fingerprint density at radius 2 is 1.41 bits per heavy atom. The number of carbonyl (C=O) groups excluding carboxylic acids is 7. The van der Waals surface area contributed by atoms with Crippen LogP contribution in [0.1, 0.15) is 32.8 Å². The molecule has 4 atom stereocenters. The number of hydrogen-bond acceptors (Lipinski definition) is 8. The SMILES string of the molecule is CC(=O)N[C@@H](Cc1c[nH]c2ccccc12)C(=O)N[C@@H](C)C(=O)NCC(=O)NCC(=O)N[C@@H](CC(=O)O)C(=O)N[C@@H](C)C(N)=O. The van der Waals surface area contributed by atoms with Crippen LogP contribution in [0.4, 0.5) is 0 Å². The number of aromatic nitrogens is 1. The van der Waals surface area contributed by atoms with Gasteiger partial charge in [0.1, 0.15) is 24.2 Å². The normalized spacial score (nSPS) is 13.3. The minimum atomic E-state index is -1.56. The van der Waals surface area contributed by atoms with E-state index in [1.54, 1.807) is 6.20 Å². The number of rotatable bonds is 16. The zero-order valence-electron chi connectivity index (χ0n) is 24.3. The molecule has 1 aromatic heterocycles. The Morgan fingerprint density at radius 3 is 2.05 bits per heavy atom. The van der Waals surface area contributed by atoms with E-state index in [9.17, 15) is 38.4 Å². The van der Waals surface area contributed by atoms with Gasteiger partial charge in [-0.3, -0.25) is 38.4 Å². The summed E-state index contributed by atoms with van der Waals surface area (Å²) < 4.78 is 0. The van der Waals surface area contributed by atoms with Crippen LogP contribution in [-0.2, 0) is 44.8 Å². The van der Waals surface area contributed by atoms with Gasteiger partial charge in [-0.1, -0.05) is 18.2 Å². The highest BCUT2D eigenvalue weighted by Gasteiger charge is 2.27. The van der Waals surface area contributed by atoms with Gasteiger partial charge in [0.15, 0.2) is 0 Å². The van der Waals surface area contributed by atoms with E-state index in [1.807, 2.05) is 24.3 Å². The Bertz CT molecular complexity index is 1420. The van der Waals surface area contributed by atoms with Crippen molar-refractivity contribution in [3.63, 3.8) is 0 Å². The summed E-state index contributed by atoms with van der Waals surface area (Å²) in [4.78, 5) is 99.1. The molecule has 0 unspecified atom stereocenters. The standard InChI is InChI=1S/C27H36N8O9/c1-13(24(28)41)32-27(44)20(9-23(39)40)35-22(38)12-30-21(37)11-31-25(42)14(2)33-26(43)19(34-15(3)36)8-16-10-29-18-7-5-4-6-17(16)18/h4-7,10,13-14,19-20,29H,8-9,11-12H2,1-3H3,(H2,28,41)(H,30,37)(H,31,42)(H,32,44)(H,33,43)(H,34,36)(H,35,38)(H,39,40)/t13-,14-,19-,20-/m0/s1. The number of fused-ring (bicyclic) bond motifs is 1. The molecule has 0 spiro atoms. The maximum absolute atomic E-state index is 12.9. The molecule has 2 rings (SSSR count). The number of carboxylic acids is 1. The van der Waals surface area contributed by atoms with Crippen LogP contribution in [0.25, 0.3) is 10.9 Å². The molecule has 10 N–H and O–H groups in total. The number of nitrogens with one attached hydrogen (secondary N) is 7. The van der Waals surface area contributed by atoms with Crippen molar-refractivity contribution in [2.24, 2.45) is 5.73 Å². The van der Waals surface area contributed by atoms with Crippen molar-refractivity contribution in [3.8, 4) is 0 Å². The maximum Gasteiger partial charge on any atom is 0.305 e. The number of benzene rings is 1. The van der Waals surface area contributed by atoms with Crippen LogP contribution in [0.15, 0.2) is 30.5 Å². The molecule has 0 radical (unpaired) electrons. The Kier molecular flexibility index (Phi) is 12.8. The topological polar surface area (TPSA) is 271 Å². The van der Waals surface area contributed by atoms with Gasteiger partial charge >= 0.3 is 5.97 Å². The number of H-pyrrole nitrogens is 1. The monoisotopic (exact) mass is 616 g/mol. The highest BCUT2D eigenvalue weighted by atomic mass is 16.4. The third-order valence-electron chi connectivity index (χ3n) is 6.23. The molecule has 0 saturated carbocycles. The van der Waals surface area contributed by atoms with Gasteiger partial charge in [0.2, 0.25) is 41.4 Å². The van der Waals surface area contributed by atoms with E-state index in [1.165, 1.54) is 20.8 Å². The Labute approximate surface area is 251 Å². The second-order valence-electron chi connectivity index (χ2n) is 9.89. The van der Waals surface area contributed by atoms with E-state index in [0.717, 1.165) is 16.5 Å². The summed E-state index contributed by atoms with van der Waals surface area (Å²) in [7, 11) is 0. The molecule has 44 heavy (non-hydrogen) atoms. The predicted molar refractivity (Wildman–Crippen MR) is 154 cm³/mol. The average molecular weight is 617 g/mol. The van der Waals surface area contributed by atoms with Gasteiger partial charge < -0.3 is 47.7 Å². The van der Waals surface area contributed by atoms with Crippen molar-refractivity contribution in [3.05, 3.63) is 36.0 Å². The van der Waals surface area contributed by atoms with E-state index in [0.29, 0.717) is 0 Å². The first-order chi connectivity index (χ1) is 20.7. The second-order valence-corrected chi connectivity index (χ2v) is 9.89. The summed E-state index contributed by atoms with van der Waals surface area (Å²) in [5.74, 6) is -6.78. The number of carboxylic acid groups (broad SMARTS) is 1. The molecular weight excluding hydrogens is 580 g/mol. The molecule has 1 aromatic carbocycles. The summed E-state index contributed by atoms with van der Waals surface area (Å²) in [6.45, 7) is 2.67. The lowest BCUT2D eigenvalue weighted by Crippen LogP contribution is -2.55. The van der Waals surface area contributed by atoms with Crippen molar-refractivity contribution in [2.45, 2.75) is 57.8 Å². The van der Waals surface area contributed by atoms with Crippen molar-refractivity contribution in [2.75, 3.05) is 13.1 Å². The maximum atomic E-state index is 12.9. The second kappa shape index (κ2) is 16.2. The average Bonchev–Trinajstić information content (AvgIpc) is 3.36. The van der Waals surface area contributed by atoms with Crippen molar-refractivity contribution >= 4 is 58.2 Å². The third kappa shape index (κ3) is 11.1. The van der Waals surface area contributed by atoms with Crippen LogP contribution >= 0.6 is 0 Å². The minimum Gasteiger partial charge on any atom is -0.481 e. The summed E-state index contributed by atoms with van der Waals surface area (Å²) in [6.07, 6.45) is 1.07. The fourth-order valence-corrected chi connectivity index (χ4v) is 3.93. The van der Waals surface area contributed by atoms with Gasteiger partial charge in [-0.05, 0) is 25.5 Å². The van der Waals surface area contributed by atoms with Crippen LogP contribution in [-0.4, -0.2) is 94.7 Å². The number of carbonyl (C=O) groups is 8. The molecule has 0 aliphatic carbocycles. The van der Waals surface area contributed by atoms with E-state index in [4.69, 9.17) is 10.8 Å². The Hall–Kier alpha value is -5.48. The van der Waals surface area contributed by atoms with E-state index in [2.05, 4.69) is 36.9 Å².